The Kier molecular flexibility index (Phi) is 3.73. The van der Waals surface area contributed by atoms with Gasteiger partial charge in [-0.25, -0.2) is 0 Å². The van der Waals surface area contributed by atoms with Crippen molar-refractivity contribution in [3.63, 3.8) is 0 Å². The first kappa shape index (κ1) is 15.3. The van der Waals surface area contributed by atoms with Gasteiger partial charge in [-0.15, -0.1) is 10.2 Å². The average Bonchev–Trinajstić information content (AvgIpc) is 3.40. The topological polar surface area (TPSA) is 49.3 Å². The van der Waals surface area contributed by atoms with Crippen LogP contribution in [0, 0.1) is 11.8 Å². The van der Waals surface area contributed by atoms with Crippen LogP contribution in [-0.2, 0) is 4.79 Å². The summed E-state index contributed by atoms with van der Waals surface area (Å²) < 4.78 is 0. The Balaban J connectivity index is 1.38. The Hall–Kier alpha value is -1.95. The van der Waals surface area contributed by atoms with Crippen molar-refractivity contribution in [2.75, 3.05) is 24.5 Å². The minimum Gasteiger partial charge on any atom is -0.344 e. The van der Waals surface area contributed by atoms with Crippen molar-refractivity contribution in [1.29, 1.82) is 0 Å². The summed E-state index contributed by atoms with van der Waals surface area (Å²) in [6.45, 7) is 2.66. The van der Waals surface area contributed by atoms with Crippen LogP contribution in [0.15, 0.2) is 30.3 Å². The molecular formula is C19H22N4OS. The van der Waals surface area contributed by atoms with Crippen LogP contribution in [-0.4, -0.2) is 46.7 Å². The predicted octanol–water partition coefficient (Wildman–Crippen LogP) is 3.04. The second-order valence-corrected chi connectivity index (χ2v) is 8.48. The van der Waals surface area contributed by atoms with E-state index in [1.165, 1.54) is 12.8 Å². The maximum atomic E-state index is 12.8. The van der Waals surface area contributed by atoms with Gasteiger partial charge in [0.05, 0.1) is 5.92 Å². The first-order chi connectivity index (χ1) is 12.3. The summed E-state index contributed by atoms with van der Waals surface area (Å²) in [6.07, 6.45) is 4.74. The van der Waals surface area contributed by atoms with Crippen molar-refractivity contribution >= 4 is 22.4 Å². The van der Waals surface area contributed by atoms with E-state index in [0.29, 0.717) is 11.9 Å². The zero-order chi connectivity index (χ0) is 16.8. The summed E-state index contributed by atoms with van der Waals surface area (Å²) in [7, 11) is 0. The molecule has 1 saturated carbocycles. The van der Waals surface area contributed by atoms with Crippen LogP contribution in [0.2, 0.25) is 0 Å². The summed E-state index contributed by atoms with van der Waals surface area (Å²) in [5.74, 6) is 1.25. The Bertz CT molecular complexity index is 773. The van der Waals surface area contributed by atoms with Crippen LogP contribution < -0.4 is 4.90 Å². The lowest BCUT2D eigenvalue weighted by Crippen LogP contribution is -2.48. The highest BCUT2D eigenvalue weighted by Gasteiger charge is 2.43. The van der Waals surface area contributed by atoms with Crippen molar-refractivity contribution in [3.8, 4) is 10.6 Å². The Labute approximate surface area is 151 Å². The van der Waals surface area contributed by atoms with Gasteiger partial charge in [-0.05, 0) is 31.6 Å². The minimum atomic E-state index is 0.126. The molecular weight excluding hydrogens is 332 g/mol. The highest BCUT2D eigenvalue weighted by molar-refractivity contribution is 7.18. The Morgan fingerprint density at radius 3 is 2.68 bits per heavy atom. The van der Waals surface area contributed by atoms with E-state index in [9.17, 15) is 4.79 Å². The van der Waals surface area contributed by atoms with E-state index in [-0.39, 0.29) is 5.92 Å². The van der Waals surface area contributed by atoms with Crippen molar-refractivity contribution in [1.82, 2.24) is 15.1 Å². The van der Waals surface area contributed by atoms with Crippen molar-refractivity contribution in [2.24, 2.45) is 11.8 Å². The second kappa shape index (κ2) is 6.09. The fourth-order valence-electron chi connectivity index (χ4n) is 4.06. The van der Waals surface area contributed by atoms with Crippen LogP contribution in [0.25, 0.3) is 10.6 Å². The number of carbonyl (C=O) groups is 1. The third-order valence-corrected chi connectivity index (χ3v) is 6.68. The van der Waals surface area contributed by atoms with Gasteiger partial charge in [0, 0.05) is 31.2 Å². The quantitative estimate of drug-likeness (QED) is 0.847. The molecule has 6 rings (SSSR count). The molecule has 0 spiro atoms. The summed E-state index contributed by atoms with van der Waals surface area (Å²) >= 11 is 1.64. The van der Waals surface area contributed by atoms with Gasteiger partial charge in [-0.2, -0.15) is 0 Å². The van der Waals surface area contributed by atoms with Gasteiger partial charge in [-0.1, -0.05) is 41.7 Å². The van der Waals surface area contributed by atoms with Crippen LogP contribution >= 0.6 is 11.3 Å². The molecule has 2 atom stereocenters. The fraction of sp³-hybridized carbons (Fsp3) is 0.526. The van der Waals surface area contributed by atoms with Crippen LogP contribution in [0.3, 0.4) is 0 Å². The number of aromatic nitrogens is 2. The van der Waals surface area contributed by atoms with E-state index >= 15 is 0 Å². The number of anilines is 1. The van der Waals surface area contributed by atoms with Crippen LogP contribution in [0.1, 0.15) is 25.7 Å². The zero-order valence-electron chi connectivity index (χ0n) is 14.2. The highest BCUT2D eigenvalue weighted by Crippen LogP contribution is 2.37. The van der Waals surface area contributed by atoms with E-state index in [1.807, 2.05) is 18.2 Å². The molecule has 3 aliphatic heterocycles. The summed E-state index contributed by atoms with van der Waals surface area (Å²) in [4.78, 5) is 17.3. The van der Waals surface area contributed by atoms with Gasteiger partial charge in [0.15, 0.2) is 0 Å². The Morgan fingerprint density at radius 2 is 1.88 bits per heavy atom. The van der Waals surface area contributed by atoms with Gasteiger partial charge in [0.2, 0.25) is 11.0 Å². The van der Waals surface area contributed by atoms with Gasteiger partial charge < -0.3 is 9.80 Å². The molecule has 1 amide bonds. The van der Waals surface area contributed by atoms with E-state index < -0.39 is 0 Å². The molecule has 1 aliphatic carbocycles. The molecule has 130 valence electrons. The van der Waals surface area contributed by atoms with E-state index in [0.717, 1.165) is 54.1 Å². The normalized spacial score (nSPS) is 26.2. The molecule has 5 nitrogen and oxygen atoms in total. The SMILES string of the molecule is O=C1[C@@H]2CC[C@@H](CN(c3nnc(-c4ccccc4)s3)C2)N1CC1CC1. The third-order valence-electron chi connectivity index (χ3n) is 5.65. The second-order valence-electron chi connectivity index (χ2n) is 7.52. The minimum absolute atomic E-state index is 0.126. The third kappa shape index (κ3) is 2.92. The molecule has 0 radical (unpaired) electrons. The van der Waals surface area contributed by atoms with Crippen molar-refractivity contribution in [3.05, 3.63) is 30.3 Å². The number of fused-ring (bicyclic) bond motifs is 4. The Morgan fingerprint density at radius 1 is 1.04 bits per heavy atom. The number of piperidine rings is 1. The average molecular weight is 354 g/mol. The number of nitrogens with zero attached hydrogens (tertiary/aromatic N) is 4. The molecule has 4 heterocycles. The summed E-state index contributed by atoms with van der Waals surface area (Å²) in [5.41, 5.74) is 1.11. The zero-order valence-corrected chi connectivity index (χ0v) is 15.0. The molecule has 1 aromatic heterocycles. The lowest BCUT2D eigenvalue weighted by molar-refractivity contribution is -0.140. The largest absolute Gasteiger partial charge is 0.344 e. The fourth-order valence-corrected chi connectivity index (χ4v) is 4.92. The lowest BCUT2D eigenvalue weighted by Gasteiger charge is -2.36. The molecule has 1 aromatic carbocycles. The van der Waals surface area contributed by atoms with E-state index in [4.69, 9.17) is 0 Å². The molecule has 25 heavy (non-hydrogen) atoms. The van der Waals surface area contributed by atoms with Crippen molar-refractivity contribution in [2.45, 2.75) is 31.7 Å². The van der Waals surface area contributed by atoms with Crippen LogP contribution in [0.4, 0.5) is 5.13 Å². The highest BCUT2D eigenvalue weighted by atomic mass is 32.1. The molecule has 2 aromatic rings. The molecule has 0 unspecified atom stereocenters. The van der Waals surface area contributed by atoms with Gasteiger partial charge in [0.25, 0.3) is 0 Å². The molecule has 0 N–H and O–H groups in total. The maximum absolute atomic E-state index is 12.8. The maximum Gasteiger partial charge on any atom is 0.227 e. The molecule has 4 fully saturated rings. The van der Waals surface area contributed by atoms with Gasteiger partial charge in [0.1, 0.15) is 5.01 Å². The summed E-state index contributed by atoms with van der Waals surface area (Å²) in [5, 5.41) is 10.7. The number of hydrogen-bond donors (Lipinski definition) is 0. The van der Waals surface area contributed by atoms with Gasteiger partial charge in [-0.3, -0.25) is 4.79 Å². The predicted molar refractivity (Wildman–Crippen MR) is 98.5 cm³/mol. The first-order valence-electron chi connectivity index (χ1n) is 9.22. The molecule has 4 aliphatic rings. The standard InChI is InChI=1S/C19H22N4OS/c24-18-15-8-9-16(23(18)10-13-6-7-13)12-22(11-15)19-21-20-17(25-19)14-4-2-1-3-5-14/h1-5,13,15-16H,6-12H2/t15-,16+/m1/s1. The van der Waals surface area contributed by atoms with E-state index in [1.54, 1.807) is 11.3 Å². The number of benzene rings is 1. The van der Waals surface area contributed by atoms with Crippen LogP contribution in [0.5, 0.6) is 0 Å². The smallest absolute Gasteiger partial charge is 0.227 e. The number of carbonyl (C=O) groups excluding carboxylic acids is 1. The molecule has 3 saturated heterocycles. The molecule has 6 heteroatoms. The number of hydrogen-bond acceptors (Lipinski definition) is 5. The van der Waals surface area contributed by atoms with Gasteiger partial charge >= 0.3 is 0 Å². The summed E-state index contributed by atoms with van der Waals surface area (Å²) in [6, 6.07) is 10.5. The van der Waals surface area contributed by atoms with Crippen molar-refractivity contribution < 1.29 is 4.79 Å². The van der Waals surface area contributed by atoms with E-state index in [2.05, 4.69) is 32.1 Å². The number of rotatable bonds is 4. The first-order valence-corrected chi connectivity index (χ1v) is 10.0. The number of amides is 1. The molecule has 2 bridgehead atoms. The lowest BCUT2D eigenvalue weighted by atomic mass is 9.94. The monoisotopic (exact) mass is 354 g/mol.